The molecule has 1 aliphatic rings. The summed E-state index contributed by atoms with van der Waals surface area (Å²) in [7, 11) is 1.04. The van der Waals surface area contributed by atoms with Gasteiger partial charge in [-0.25, -0.2) is 19.0 Å². The molecule has 0 spiro atoms. The van der Waals surface area contributed by atoms with Crippen molar-refractivity contribution in [3.05, 3.63) is 47.4 Å². The van der Waals surface area contributed by atoms with E-state index in [1.54, 1.807) is 0 Å². The standard InChI is InChI=1S/C18H13F7N4O3/c1-28(13-3-2-10(19)8-27-13)16(31)32-14-11(18(23,24)25)6-9(17(20,21)22)7-12(14)29-5-4-26-15(29)30/h2-3,6-8H,4-5H2,1H3,(H,26,30). The number of hydrogen-bond acceptors (Lipinski definition) is 4. The van der Waals surface area contributed by atoms with Crippen LogP contribution in [-0.2, 0) is 12.4 Å². The zero-order valence-corrected chi connectivity index (χ0v) is 16.0. The number of alkyl halides is 6. The van der Waals surface area contributed by atoms with Crippen LogP contribution < -0.4 is 19.9 Å². The molecule has 32 heavy (non-hydrogen) atoms. The second-order valence-corrected chi connectivity index (χ2v) is 6.51. The summed E-state index contributed by atoms with van der Waals surface area (Å²) in [6.45, 7) is -0.319. The van der Waals surface area contributed by atoms with Crippen LogP contribution in [-0.4, -0.2) is 37.2 Å². The van der Waals surface area contributed by atoms with Crippen LogP contribution in [0.15, 0.2) is 30.5 Å². The Labute approximate surface area is 175 Å². The maximum Gasteiger partial charge on any atom is 0.420 e. The number of benzene rings is 1. The van der Waals surface area contributed by atoms with Crippen molar-refractivity contribution in [3.8, 4) is 5.75 Å². The summed E-state index contributed by atoms with van der Waals surface area (Å²) in [6, 6.07) is 1.06. The molecule has 1 aromatic carbocycles. The van der Waals surface area contributed by atoms with Gasteiger partial charge in [-0.2, -0.15) is 26.3 Å². The number of nitrogens with zero attached hydrogens (tertiary/aromatic N) is 3. The van der Waals surface area contributed by atoms with E-state index in [1.165, 1.54) is 0 Å². The lowest BCUT2D eigenvalue weighted by Gasteiger charge is -2.25. The maximum absolute atomic E-state index is 13.7. The summed E-state index contributed by atoms with van der Waals surface area (Å²) in [5, 5.41) is 2.25. The van der Waals surface area contributed by atoms with Gasteiger partial charge in [0.1, 0.15) is 17.2 Å². The fourth-order valence-corrected chi connectivity index (χ4v) is 2.81. The number of rotatable bonds is 3. The number of halogens is 7. The third-order valence-corrected chi connectivity index (χ3v) is 4.37. The highest BCUT2D eigenvalue weighted by Gasteiger charge is 2.43. The maximum atomic E-state index is 13.7. The van der Waals surface area contributed by atoms with Gasteiger partial charge in [-0.05, 0) is 24.3 Å². The molecule has 7 nitrogen and oxygen atoms in total. The lowest BCUT2D eigenvalue weighted by molar-refractivity contribution is -0.143. The summed E-state index contributed by atoms with van der Waals surface area (Å²) < 4.78 is 98.6. The summed E-state index contributed by atoms with van der Waals surface area (Å²) in [6.07, 6.45) is -11.3. The number of urea groups is 1. The van der Waals surface area contributed by atoms with Gasteiger partial charge in [0, 0.05) is 20.1 Å². The first kappa shape index (κ1) is 23.1. The van der Waals surface area contributed by atoms with E-state index in [-0.39, 0.29) is 25.0 Å². The van der Waals surface area contributed by atoms with Crippen molar-refractivity contribution >= 4 is 23.6 Å². The third kappa shape index (κ3) is 4.68. The molecule has 1 fully saturated rings. The molecule has 2 aromatic rings. The van der Waals surface area contributed by atoms with E-state index in [1.807, 2.05) is 0 Å². The number of amides is 3. The lowest BCUT2D eigenvalue weighted by Crippen LogP contribution is -2.33. The van der Waals surface area contributed by atoms with Gasteiger partial charge < -0.3 is 10.1 Å². The van der Waals surface area contributed by atoms with Crippen molar-refractivity contribution in [3.63, 3.8) is 0 Å². The molecule has 2 heterocycles. The third-order valence-electron chi connectivity index (χ3n) is 4.37. The summed E-state index contributed by atoms with van der Waals surface area (Å²) in [5.74, 6) is -2.25. The van der Waals surface area contributed by atoms with Gasteiger partial charge >= 0.3 is 24.5 Å². The van der Waals surface area contributed by atoms with Crippen LogP contribution in [0.5, 0.6) is 5.75 Å². The molecular weight excluding hydrogens is 453 g/mol. The Morgan fingerprint density at radius 1 is 1.16 bits per heavy atom. The molecule has 1 saturated heterocycles. The molecule has 0 atom stereocenters. The molecule has 1 aromatic heterocycles. The van der Waals surface area contributed by atoms with Gasteiger partial charge in [0.05, 0.1) is 17.4 Å². The van der Waals surface area contributed by atoms with Gasteiger partial charge in [-0.3, -0.25) is 9.80 Å². The van der Waals surface area contributed by atoms with E-state index in [0.29, 0.717) is 15.9 Å². The van der Waals surface area contributed by atoms with Gasteiger partial charge in [-0.1, -0.05) is 0 Å². The number of nitrogens with one attached hydrogen (secondary N) is 1. The summed E-state index contributed by atoms with van der Waals surface area (Å²) in [4.78, 5) is 29.2. The van der Waals surface area contributed by atoms with Crippen molar-refractivity contribution in [2.75, 3.05) is 29.9 Å². The van der Waals surface area contributed by atoms with E-state index in [2.05, 4.69) is 10.3 Å². The minimum absolute atomic E-state index is 0.0524. The second kappa shape index (κ2) is 8.16. The smallest absolute Gasteiger partial charge is 0.407 e. The highest BCUT2D eigenvalue weighted by Crippen LogP contribution is 2.46. The molecule has 0 radical (unpaired) electrons. The minimum Gasteiger partial charge on any atom is -0.407 e. The number of ether oxygens (including phenoxy) is 1. The Morgan fingerprint density at radius 3 is 2.34 bits per heavy atom. The van der Waals surface area contributed by atoms with E-state index in [4.69, 9.17) is 4.74 Å². The molecule has 14 heteroatoms. The summed E-state index contributed by atoms with van der Waals surface area (Å²) >= 11 is 0. The second-order valence-electron chi connectivity index (χ2n) is 6.51. The minimum atomic E-state index is -5.37. The van der Waals surface area contributed by atoms with Crippen LogP contribution in [0.4, 0.5) is 51.8 Å². The number of aromatic nitrogens is 1. The monoisotopic (exact) mass is 466 g/mol. The Balaban J connectivity index is 2.12. The average molecular weight is 466 g/mol. The van der Waals surface area contributed by atoms with E-state index in [0.717, 1.165) is 25.4 Å². The molecule has 0 aliphatic carbocycles. The molecule has 172 valence electrons. The van der Waals surface area contributed by atoms with Crippen molar-refractivity contribution in [1.29, 1.82) is 0 Å². The quantitative estimate of drug-likeness (QED) is 0.680. The highest BCUT2D eigenvalue weighted by atomic mass is 19.4. The van der Waals surface area contributed by atoms with E-state index < -0.39 is 52.9 Å². The van der Waals surface area contributed by atoms with Crippen molar-refractivity contribution < 1.29 is 45.1 Å². The molecule has 3 rings (SSSR count). The molecular formula is C18H13F7N4O3. The lowest BCUT2D eigenvalue weighted by atomic mass is 10.1. The zero-order chi connectivity index (χ0) is 23.8. The van der Waals surface area contributed by atoms with Gasteiger partial charge in [0.2, 0.25) is 0 Å². The number of carbonyl (C=O) groups is 2. The van der Waals surface area contributed by atoms with E-state index >= 15 is 0 Å². The Hall–Kier alpha value is -3.58. The Kier molecular flexibility index (Phi) is 5.89. The average Bonchev–Trinajstić information content (AvgIpc) is 3.12. The number of hydrogen-bond donors (Lipinski definition) is 1. The number of anilines is 2. The van der Waals surface area contributed by atoms with Gasteiger partial charge in [-0.15, -0.1) is 0 Å². The van der Waals surface area contributed by atoms with Crippen LogP contribution >= 0.6 is 0 Å². The normalized spacial score (nSPS) is 14.4. The molecule has 1 aliphatic heterocycles. The van der Waals surface area contributed by atoms with Crippen molar-refractivity contribution in [1.82, 2.24) is 10.3 Å². The SMILES string of the molecule is CN(C(=O)Oc1c(N2CCNC2=O)cc(C(F)(F)F)cc1C(F)(F)F)c1ccc(F)cn1. The first-order valence-corrected chi connectivity index (χ1v) is 8.74. The van der Waals surface area contributed by atoms with Gasteiger partial charge in [0.25, 0.3) is 0 Å². The van der Waals surface area contributed by atoms with Crippen LogP contribution in [0.3, 0.4) is 0 Å². The first-order valence-electron chi connectivity index (χ1n) is 8.74. The van der Waals surface area contributed by atoms with Gasteiger partial charge in [0.15, 0.2) is 5.75 Å². The molecule has 0 bridgehead atoms. The number of pyridine rings is 1. The van der Waals surface area contributed by atoms with Crippen molar-refractivity contribution in [2.45, 2.75) is 12.4 Å². The van der Waals surface area contributed by atoms with Crippen LogP contribution in [0.2, 0.25) is 0 Å². The molecule has 1 N–H and O–H groups in total. The van der Waals surface area contributed by atoms with Crippen LogP contribution in [0.1, 0.15) is 11.1 Å². The predicted octanol–water partition coefficient (Wildman–Crippen LogP) is 4.42. The summed E-state index contributed by atoms with van der Waals surface area (Å²) in [5.41, 5.74) is -4.49. The zero-order valence-electron chi connectivity index (χ0n) is 16.0. The molecule has 0 saturated carbocycles. The number of carbonyl (C=O) groups excluding carboxylic acids is 2. The fraction of sp³-hybridized carbons (Fsp3) is 0.278. The fourth-order valence-electron chi connectivity index (χ4n) is 2.81. The van der Waals surface area contributed by atoms with Crippen LogP contribution in [0.25, 0.3) is 0 Å². The van der Waals surface area contributed by atoms with E-state index in [9.17, 15) is 40.3 Å². The van der Waals surface area contributed by atoms with Crippen molar-refractivity contribution in [2.24, 2.45) is 0 Å². The highest BCUT2D eigenvalue weighted by molar-refractivity contribution is 5.97. The first-order chi connectivity index (χ1) is 14.8. The molecule has 0 unspecified atom stereocenters. The Morgan fingerprint density at radius 2 is 1.84 bits per heavy atom. The predicted molar refractivity (Wildman–Crippen MR) is 95.8 cm³/mol. The largest absolute Gasteiger partial charge is 0.420 e. The topological polar surface area (TPSA) is 74.8 Å². The molecule has 3 amide bonds. The van der Waals surface area contributed by atoms with Crippen LogP contribution in [0, 0.1) is 5.82 Å². The Bertz CT molecular complexity index is 1040.